The topological polar surface area (TPSA) is 83.5 Å². The highest BCUT2D eigenvalue weighted by atomic mass is 35.5. The molecule has 0 aliphatic heterocycles. The number of hydrogen-bond donors (Lipinski definition) is 2. The first-order chi connectivity index (χ1) is 8.24. The van der Waals surface area contributed by atoms with Crippen molar-refractivity contribution in [3.8, 4) is 0 Å². The zero-order valence-electron chi connectivity index (χ0n) is 9.35. The number of halogens is 2. The Kier molecular flexibility index (Phi) is 4.66. The van der Waals surface area contributed by atoms with E-state index in [1.54, 1.807) is 0 Å². The lowest BCUT2D eigenvalue weighted by Crippen LogP contribution is -2.37. The molecular formula is C10H11ClFNO4S. The lowest BCUT2D eigenvalue weighted by Gasteiger charge is -2.10. The SMILES string of the molecule is CC(C(=O)O)S(=O)(=O)NCc1ccc(F)c(Cl)c1. The van der Waals surface area contributed by atoms with E-state index in [4.69, 9.17) is 16.7 Å². The zero-order valence-corrected chi connectivity index (χ0v) is 10.9. The minimum Gasteiger partial charge on any atom is -0.480 e. The van der Waals surface area contributed by atoms with Gasteiger partial charge in [0.2, 0.25) is 10.0 Å². The van der Waals surface area contributed by atoms with Crippen molar-refractivity contribution in [1.29, 1.82) is 0 Å². The summed E-state index contributed by atoms with van der Waals surface area (Å²) in [5, 5.41) is 6.92. The predicted octanol–water partition coefficient (Wildman–Crippen LogP) is 1.37. The fraction of sp³-hybridized carbons (Fsp3) is 0.300. The molecule has 18 heavy (non-hydrogen) atoms. The molecule has 0 aromatic heterocycles. The van der Waals surface area contributed by atoms with Crippen LogP contribution in [-0.2, 0) is 21.4 Å². The van der Waals surface area contributed by atoms with E-state index < -0.39 is 27.1 Å². The van der Waals surface area contributed by atoms with Gasteiger partial charge >= 0.3 is 5.97 Å². The Labute approximate surface area is 109 Å². The summed E-state index contributed by atoms with van der Waals surface area (Å²) in [6, 6.07) is 3.73. The molecular weight excluding hydrogens is 285 g/mol. The van der Waals surface area contributed by atoms with Gasteiger partial charge in [0.05, 0.1) is 5.02 Å². The first-order valence-electron chi connectivity index (χ1n) is 4.89. The highest BCUT2D eigenvalue weighted by Crippen LogP contribution is 2.16. The first kappa shape index (κ1) is 14.9. The molecule has 1 aromatic rings. The lowest BCUT2D eigenvalue weighted by molar-refractivity contribution is -0.136. The largest absolute Gasteiger partial charge is 0.480 e. The van der Waals surface area contributed by atoms with Crippen molar-refractivity contribution in [2.75, 3.05) is 0 Å². The third-order valence-corrected chi connectivity index (χ3v) is 4.24. The molecule has 0 saturated carbocycles. The Bertz CT molecular complexity index is 561. The molecule has 0 spiro atoms. The third kappa shape index (κ3) is 3.66. The molecule has 0 heterocycles. The normalized spacial score (nSPS) is 13.3. The van der Waals surface area contributed by atoms with Crippen LogP contribution >= 0.6 is 11.6 Å². The number of hydrogen-bond acceptors (Lipinski definition) is 3. The standard InChI is InChI=1S/C10H11ClFNO4S/c1-6(10(14)15)18(16,17)13-5-7-2-3-9(12)8(11)4-7/h2-4,6,13H,5H2,1H3,(H,14,15). The number of benzene rings is 1. The quantitative estimate of drug-likeness (QED) is 0.859. The number of carboxylic acid groups (broad SMARTS) is 1. The number of carboxylic acids is 1. The minimum atomic E-state index is -3.97. The highest BCUT2D eigenvalue weighted by Gasteiger charge is 2.26. The summed E-state index contributed by atoms with van der Waals surface area (Å²) in [5.74, 6) is -2.05. The molecule has 8 heteroatoms. The maximum Gasteiger partial charge on any atom is 0.323 e. The first-order valence-corrected chi connectivity index (χ1v) is 6.81. The average molecular weight is 296 g/mol. The number of carbonyl (C=O) groups is 1. The van der Waals surface area contributed by atoms with E-state index in [0.29, 0.717) is 5.56 Å². The smallest absolute Gasteiger partial charge is 0.323 e. The van der Waals surface area contributed by atoms with Crippen LogP contribution in [0.25, 0.3) is 0 Å². The van der Waals surface area contributed by atoms with E-state index in [0.717, 1.165) is 13.0 Å². The van der Waals surface area contributed by atoms with Gasteiger partial charge < -0.3 is 5.11 Å². The molecule has 0 bridgehead atoms. The molecule has 1 atom stereocenters. The van der Waals surface area contributed by atoms with Gasteiger partial charge in [0, 0.05) is 6.54 Å². The summed E-state index contributed by atoms with van der Waals surface area (Å²) < 4.78 is 38.0. The summed E-state index contributed by atoms with van der Waals surface area (Å²) >= 11 is 5.53. The van der Waals surface area contributed by atoms with Crippen molar-refractivity contribution in [2.45, 2.75) is 18.7 Å². The summed E-state index contributed by atoms with van der Waals surface area (Å²) in [6.07, 6.45) is 0. The van der Waals surface area contributed by atoms with Crippen LogP contribution in [-0.4, -0.2) is 24.7 Å². The Morgan fingerprint density at radius 1 is 1.56 bits per heavy atom. The van der Waals surface area contributed by atoms with Crippen LogP contribution < -0.4 is 4.72 Å². The monoisotopic (exact) mass is 295 g/mol. The summed E-state index contributed by atoms with van der Waals surface area (Å²) in [7, 11) is -3.97. The molecule has 2 N–H and O–H groups in total. The van der Waals surface area contributed by atoms with Crippen LogP contribution in [0.15, 0.2) is 18.2 Å². The number of rotatable bonds is 5. The van der Waals surface area contributed by atoms with Gasteiger partial charge in [-0.1, -0.05) is 17.7 Å². The zero-order chi connectivity index (χ0) is 13.9. The minimum absolute atomic E-state index is 0.127. The molecule has 0 saturated heterocycles. The second-order valence-electron chi connectivity index (χ2n) is 3.60. The van der Waals surface area contributed by atoms with Crippen molar-refractivity contribution in [1.82, 2.24) is 4.72 Å². The number of sulfonamides is 1. The fourth-order valence-electron chi connectivity index (χ4n) is 1.09. The van der Waals surface area contributed by atoms with E-state index in [-0.39, 0.29) is 11.6 Å². The van der Waals surface area contributed by atoms with Crippen LogP contribution in [0.3, 0.4) is 0 Å². The molecule has 1 unspecified atom stereocenters. The Morgan fingerprint density at radius 3 is 2.67 bits per heavy atom. The van der Waals surface area contributed by atoms with E-state index in [9.17, 15) is 17.6 Å². The number of nitrogens with one attached hydrogen (secondary N) is 1. The van der Waals surface area contributed by atoms with E-state index >= 15 is 0 Å². The molecule has 0 amide bonds. The molecule has 100 valence electrons. The Balaban J connectivity index is 2.76. The second kappa shape index (κ2) is 5.64. The van der Waals surface area contributed by atoms with Gasteiger partial charge in [-0.3, -0.25) is 4.79 Å². The fourth-order valence-corrected chi connectivity index (χ4v) is 2.18. The van der Waals surface area contributed by atoms with Crippen LogP contribution in [0.2, 0.25) is 5.02 Å². The second-order valence-corrected chi connectivity index (χ2v) is 6.09. The van der Waals surface area contributed by atoms with Crippen LogP contribution in [0.5, 0.6) is 0 Å². The van der Waals surface area contributed by atoms with Crippen molar-refractivity contribution in [2.24, 2.45) is 0 Å². The van der Waals surface area contributed by atoms with Gasteiger partial charge in [-0.25, -0.2) is 17.5 Å². The molecule has 0 fully saturated rings. The third-order valence-electron chi connectivity index (χ3n) is 2.27. The van der Waals surface area contributed by atoms with Crippen LogP contribution in [0, 0.1) is 5.82 Å². The van der Waals surface area contributed by atoms with Crippen molar-refractivity contribution in [3.05, 3.63) is 34.6 Å². The van der Waals surface area contributed by atoms with Gasteiger partial charge in [0.1, 0.15) is 5.82 Å². The Hall–Kier alpha value is -1.18. The van der Waals surface area contributed by atoms with Gasteiger partial charge in [0.25, 0.3) is 0 Å². The molecule has 0 aliphatic carbocycles. The lowest BCUT2D eigenvalue weighted by atomic mass is 10.2. The van der Waals surface area contributed by atoms with E-state index in [2.05, 4.69) is 4.72 Å². The van der Waals surface area contributed by atoms with E-state index in [1.807, 2.05) is 0 Å². The molecule has 5 nitrogen and oxygen atoms in total. The molecule has 0 aliphatic rings. The highest BCUT2D eigenvalue weighted by molar-refractivity contribution is 7.90. The predicted molar refractivity (Wildman–Crippen MR) is 64.3 cm³/mol. The maximum atomic E-state index is 12.9. The summed E-state index contributed by atoms with van der Waals surface area (Å²) in [6.45, 7) is 0.905. The van der Waals surface area contributed by atoms with Crippen molar-refractivity contribution in [3.63, 3.8) is 0 Å². The molecule has 0 radical (unpaired) electrons. The molecule has 1 rings (SSSR count). The van der Waals surface area contributed by atoms with Gasteiger partial charge in [-0.05, 0) is 24.6 Å². The average Bonchev–Trinajstić information content (AvgIpc) is 2.29. The van der Waals surface area contributed by atoms with Gasteiger partial charge in [0.15, 0.2) is 5.25 Å². The summed E-state index contributed by atoms with van der Waals surface area (Å²) in [4.78, 5) is 10.6. The molecule has 1 aromatic carbocycles. The van der Waals surface area contributed by atoms with Crippen LogP contribution in [0.4, 0.5) is 4.39 Å². The van der Waals surface area contributed by atoms with Crippen molar-refractivity contribution >= 4 is 27.6 Å². The van der Waals surface area contributed by atoms with E-state index in [1.165, 1.54) is 12.1 Å². The maximum absolute atomic E-state index is 12.9. The Morgan fingerprint density at radius 2 is 2.17 bits per heavy atom. The van der Waals surface area contributed by atoms with Crippen LogP contribution in [0.1, 0.15) is 12.5 Å². The van der Waals surface area contributed by atoms with Crippen molar-refractivity contribution < 1.29 is 22.7 Å². The number of aliphatic carboxylic acids is 1. The van der Waals surface area contributed by atoms with Gasteiger partial charge in [-0.15, -0.1) is 0 Å². The summed E-state index contributed by atoms with van der Waals surface area (Å²) in [5.41, 5.74) is 0.433. The van der Waals surface area contributed by atoms with Gasteiger partial charge in [-0.2, -0.15) is 0 Å².